The molecule has 7 nitrogen and oxygen atoms in total. The van der Waals surface area contributed by atoms with E-state index in [2.05, 4.69) is 15.5 Å². The minimum Gasteiger partial charge on any atom is -0.496 e. The molecule has 1 aromatic carbocycles. The quantitative estimate of drug-likeness (QED) is 0.893. The van der Waals surface area contributed by atoms with Gasteiger partial charge in [0.1, 0.15) is 17.4 Å². The highest BCUT2D eigenvalue weighted by Crippen LogP contribution is 2.33. The number of anilines is 2. The van der Waals surface area contributed by atoms with Crippen molar-refractivity contribution in [1.29, 1.82) is 5.26 Å². The van der Waals surface area contributed by atoms with Gasteiger partial charge in [0.2, 0.25) is 0 Å². The maximum absolute atomic E-state index is 11.1. The number of methoxy groups -OCH3 is 1. The third kappa shape index (κ3) is 3.01. The Bertz CT molecular complexity index is 743. The van der Waals surface area contributed by atoms with Crippen LogP contribution < -0.4 is 10.1 Å². The van der Waals surface area contributed by atoms with E-state index in [-0.39, 0.29) is 27.7 Å². The van der Waals surface area contributed by atoms with E-state index in [9.17, 15) is 4.79 Å². The van der Waals surface area contributed by atoms with Crippen LogP contribution in [0.5, 0.6) is 5.75 Å². The van der Waals surface area contributed by atoms with E-state index in [4.69, 9.17) is 26.7 Å². The van der Waals surface area contributed by atoms with E-state index in [0.717, 1.165) is 0 Å². The van der Waals surface area contributed by atoms with Crippen LogP contribution in [-0.4, -0.2) is 28.4 Å². The number of aromatic nitrogens is 2. The summed E-state index contributed by atoms with van der Waals surface area (Å²) in [7, 11) is 1.35. The normalized spacial score (nSPS) is 9.76. The van der Waals surface area contributed by atoms with Gasteiger partial charge in [-0.1, -0.05) is 11.6 Å². The fourth-order valence-corrected chi connectivity index (χ4v) is 1.84. The number of halogens is 1. The van der Waals surface area contributed by atoms with Crippen LogP contribution in [0.1, 0.15) is 15.9 Å². The highest BCUT2D eigenvalue weighted by atomic mass is 35.5. The van der Waals surface area contributed by atoms with Crippen LogP contribution in [0.25, 0.3) is 0 Å². The summed E-state index contributed by atoms with van der Waals surface area (Å²) in [6.45, 7) is 0. The second-order valence-corrected chi connectivity index (χ2v) is 4.27. The van der Waals surface area contributed by atoms with Gasteiger partial charge in [-0.25, -0.2) is 4.79 Å². The Balaban J connectivity index is 2.46. The Kier molecular flexibility index (Phi) is 4.21. The number of carboxylic acid groups (broad SMARTS) is 1. The fourth-order valence-electron chi connectivity index (χ4n) is 1.63. The van der Waals surface area contributed by atoms with Crippen molar-refractivity contribution >= 4 is 29.1 Å². The molecule has 1 heterocycles. The van der Waals surface area contributed by atoms with Gasteiger partial charge in [-0.2, -0.15) is 10.4 Å². The highest BCUT2D eigenvalue weighted by Gasteiger charge is 2.16. The predicted octanol–water partition coefficient (Wildman–Crippen LogP) is 2.45. The lowest BCUT2D eigenvalue weighted by atomic mass is 10.1. The molecule has 0 saturated carbocycles. The molecule has 0 bridgehead atoms. The lowest BCUT2D eigenvalue weighted by Crippen LogP contribution is -2.04. The number of carboxylic acids is 1. The summed E-state index contributed by atoms with van der Waals surface area (Å²) in [5.41, 5.74) is 0.575. The summed E-state index contributed by atoms with van der Waals surface area (Å²) >= 11 is 6.04. The van der Waals surface area contributed by atoms with Gasteiger partial charge < -0.3 is 15.2 Å². The van der Waals surface area contributed by atoms with Gasteiger partial charge in [-0.3, -0.25) is 0 Å². The van der Waals surface area contributed by atoms with Crippen molar-refractivity contribution < 1.29 is 14.6 Å². The molecule has 0 radical (unpaired) electrons. The van der Waals surface area contributed by atoms with E-state index in [0.29, 0.717) is 5.69 Å². The molecule has 0 amide bonds. The molecule has 2 aromatic rings. The third-order valence-corrected chi connectivity index (χ3v) is 2.93. The molecule has 0 aliphatic heterocycles. The standard InChI is InChI=1S/C13H9ClN4O3/c1-21-11-5-10(9(14)4-8(11)13(19)20)17-12-7(6-15)2-3-16-18-12/h2-5H,1H3,(H,17,18)(H,19,20). The lowest BCUT2D eigenvalue weighted by molar-refractivity contribution is 0.0693. The van der Waals surface area contributed by atoms with Crippen molar-refractivity contribution in [3.63, 3.8) is 0 Å². The van der Waals surface area contributed by atoms with Crippen molar-refractivity contribution in [3.8, 4) is 11.8 Å². The molecule has 0 saturated heterocycles. The minimum absolute atomic E-state index is 0.0623. The lowest BCUT2D eigenvalue weighted by Gasteiger charge is -2.12. The van der Waals surface area contributed by atoms with Gasteiger partial charge >= 0.3 is 5.97 Å². The van der Waals surface area contributed by atoms with E-state index in [1.165, 1.54) is 31.5 Å². The Morgan fingerprint density at radius 2 is 2.29 bits per heavy atom. The largest absolute Gasteiger partial charge is 0.496 e. The van der Waals surface area contributed by atoms with Crippen LogP contribution in [0, 0.1) is 11.3 Å². The number of hydrogen-bond donors (Lipinski definition) is 2. The zero-order chi connectivity index (χ0) is 15.4. The SMILES string of the molecule is COc1cc(Nc2nnccc2C#N)c(Cl)cc1C(=O)O. The number of nitrogens with one attached hydrogen (secondary N) is 1. The van der Waals surface area contributed by atoms with E-state index in [1.807, 2.05) is 6.07 Å². The molecular formula is C13H9ClN4O3. The Labute approximate surface area is 124 Å². The number of rotatable bonds is 4. The van der Waals surface area contributed by atoms with Crippen molar-refractivity contribution in [2.24, 2.45) is 0 Å². The van der Waals surface area contributed by atoms with E-state index < -0.39 is 5.97 Å². The first-order valence-corrected chi connectivity index (χ1v) is 6.04. The molecule has 0 aliphatic rings. The number of nitriles is 1. The maximum atomic E-state index is 11.1. The minimum atomic E-state index is -1.16. The van der Waals surface area contributed by atoms with Gasteiger partial charge in [0.05, 0.1) is 29.6 Å². The molecule has 0 fully saturated rings. The number of nitrogens with zero attached hydrogens (tertiary/aromatic N) is 3. The van der Waals surface area contributed by atoms with Crippen molar-refractivity contribution in [2.45, 2.75) is 0 Å². The zero-order valence-electron chi connectivity index (χ0n) is 10.8. The van der Waals surface area contributed by atoms with Crippen LogP contribution in [0.3, 0.4) is 0 Å². The van der Waals surface area contributed by atoms with Crippen LogP contribution >= 0.6 is 11.6 Å². The van der Waals surface area contributed by atoms with E-state index in [1.54, 1.807) is 0 Å². The Morgan fingerprint density at radius 1 is 1.52 bits per heavy atom. The Hall–Kier alpha value is -2.85. The monoisotopic (exact) mass is 304 g/mol. The summed E-state index contributed by atoms with van der Waals surface area (Å²) in [5.74, 6) is -0.804. The first-order chi connectivity index (χ1) is 10.1. The number of aromatic carboxylic acids is 1. The van der Waals surface area contributed by atoms with Crippen LogP contribution in [-0.2, 0) is 0 Å². The number of hydrogen-bond acceptors (Lipinski definition) is 6. The zero-order valence-corrected chi connectivity index (χ0v) is 11.5. The second-order valence-electron chi connectivity index (χ2n) is 3.87. The molecular weight excluding hydrogens is 296 g/mol. The molecule has 2 N–H and O–H groups in total. The average Bonchev–Trinajstić information content (AvgIpc) is 2.49. The van der Waals surface area contributed by atoms with Crippen LogP contribution in [0.2, 0.25) is 5.02 Å². The van der Waals surface area contributed by atoms with Crippen molar-refractivity contribution in [1.82, 2.24) is 10.2 Å². The summed E-state index contributed by atoms with van der Waals surface area (Å²) in [6.07, 6.45) is 1.39. The molecule has 0 aliphatic carbocycles. The summed E-state index contributed by atoms with van der Waals surface area (Å²) in [6, 6.07) is 6.13. The fraction of sp³-hybridized carbons (Fsp3) is 0.0769. The van der Waals surface area contributed by atoms with Gasteiger partial charge in [-0.15, -0.1) is 5.10 Å². The molecule has 106 valence electrons. The Morgan fingerprint density at radius 3 is 2.90 bits per heavy atom. The van der Waals surface area contributed by atoms with Gasteiger partial charge in [-0.05, 0) is 12.1 Å². The molecule has 1 aromatic heterocycles. The van der Waals surface area contributed by atoms with Crippen molar-refractivity contribution in [3.05, 3.63) is 40.5 Å². The summed E-state index contributed by atoms with van der Waals surface area (Å²) in [5, 5.41) is 28.5. The van der Waals surface area contributed by atoms with Crippen LogP contribution in [0.15, 0.2) is 24.4 Å². The maximum Gasteiger partial charge on any atom is 0.339 e. The summed E-state index contributed by atoms with van der Waals surface area (Å²) < 4.78 is 5.02. The third-order valence-electron chi connectivity index (χ3n) is 2.61. The molecule has 8 heteroatoms. The molecule has 0 spiro atoms. The average molecular weight is 305 g/mol. The molecule has 21 heavy (non-hydrogen) atoms. The van der Waals surface area contributed by atoms with Gasteiger partial charge in [0, 0.05) is 6.07 Å². The van der Waals surface area contributed by atoms with Gasteiger partial charge in [0.25, 0.3) is 0 Å². The molecule has 0 unspecified atom stereocenters. The van der Waals surface area contributed by atoms with Crippen molar-refractivity contribution in [2.75, 3.05) is 12.4 Å². The highest BCUT2D eigenvalue weighted by molar-refractivity contribution is 6.33. The topological polar surface area (TPSA) is 108 Å². The molecule has 0 atom stereocenters. The first-order valence-electron chi connectivity index (χ1n) is 5.66. The van der Waals surface area contributed by atoms with Gasteiger partial charge in [0.15, 0.2) is 5.82 Å². The number of ether oxygens (including phenoxy) is 1. The summed E-state index contributed by atoms with van der Waals surface area (Å²) in [4.78, 5) is 11.1. The number of carbonyl (C=O) groups is 1. The van der Waals surface area contributed by atoms with Crippen LogP contribution in [0.4, 0.5) is 11.5 Å². The van der Waals surface area contributed by atoms with E-state index >= 15 is 0 Å². The first kappa shape index (κ1) is 14.6. The second kappa shape index (κ2) is 6.07. The smallest absolute Gasteiger partial charge is 0.339 e. The molecule has 2 rings (SSSR count). The predicted molar refractivity (Wildman–Crippen MR) is 75.0 cm³/mol. The number of benzene rings is 1.